The zero-order valence-electron chi connectivity index (χ0n) is 6.43. The second kappa shape index (κ2) is 2.84. The van der Waals surface area contributed by atoms with E-state index in [1.165, 1.54) is 11.1 Å². The largest absolute Gasteiger partial charge is 0.298 e. The van der Waals surface area contributed by atoms with Crippen LogP contribution in [0.15, 0.2) is 36.5 Å². The number of hydrogen-bond acceptors (Lipinski definition) is 1. The van der Waals surface area contributed by atoms with E-state index in [1.807, 2.05) is 12.2 Å². The van der Waals surface area contributed by atoms with Crippen LogP contribution >= 0.6 is 0 Å². The van der Waals surface area contributed by atoms with Gasteiger partial charge < -0.3 is 0 Å². The Morgan fingerprint density at radius 1 is 1.50 bits per heavy atom. The molecule has 0 radical (unpaired) electrons. The second-order valence-corrected chi connectivity index (χ2v) is 2.70. The van der Waals surface area contributed by atoms with E-state index >= 15 is 0 Å². The highest BCUT2D eigenvalue weighted by Gasteiger charge is 2.14. The highest BCUT2D eigenvalue weighted by atomic mass is 15.1. The van der Waals surface area contributed by atoms with E-state index < -0.39 is 0 Å². The van der Waals surface area contributed by atoms with E-state index in [2.05, 4.69) is 25.1 Å². The first-order valence-electron chi connectivity index (χ1n) is 3.42. The molecule has 0 aliphatic carbocycles. The maximum absolute atomic E-state index is 3.95. The van der Waals surface area contributed by atoms with Crippen molar-refractivity contribution < 1.29 is 0 Å². The molecule has 1 fully saturated rings. The van der Waals surface area contributed by atoms with Crippen LogP contribution in [0.3, 0.4) is 0 Å². The van der Waals surface area contributed by atoms with Gasteiger partial charge in [-0.15, -0.1) is 0 Å². The van der Waals surface area contributed by atoms with Gasteiger partial charge in [-0.2, -0.15) is 0 Å². The minimum Gasteiger partial charge on any atom is -0.298 e. The van der Waals surface area contributed by atoms with Gasteiger partial charge >= 0.3 is 0 Å². The molecule has 0 atom stereocenters. The summed E-state index contributed by atoms with van der Waals surface area (Å²) in [6.07, 6.45) is 3.85. The van der Waals surface area contributed by atoms with Crippen LogP contribution < -0.4 is 0 Å². The standard InChI is InChI=1S/C9H13N/c1-4-5-9-7-10(3)6-8(9)2/h4-5H,1-2,6-7H2,3H3/b9-5-. The average Bonchev–Trinajstić information content (AvgIpc) is 2.13. The van der Waals surface area contributed by atoms with Gasteiger partial charge in [-0.25, -0.2) is 0 Å². The molecular formula is C9H13N. The Kier molecular flexibility index (Phi) is 2.07. The van der Waals surface area contributed by atoms with Gasteiger partial charge in [-0.1, -0.05) is 25.3 Å². The summed E-state index contributed by atoms with van der Waals surface area (Å²) in [4.78, 5) is 2.23. The molecule has 54 valence electrons. The van der Waals surface area contributed by atoms with Crippen LogP contribution in [-0.4, -0.2) is 25.0 Å². The highest BCUT2D eigenvalue weighted by Crippen LogP contribution is 2.17. The predicted molar refractivity (Wildman–Crippen MR) is 44.9 cm³/mol. The molecule has 0 unspecified atom stereocenters. The summed E-state index contributed by atoms with van der Waals surface area (Å²) in [7, 11) is 2.09. The van der Waals surface area contributed by atoms with Crippen molar-refractivity contribution in [2.45, 2.75) is 0 Å². The van der Waals surface area contributed by atoms with E-state index in [-0.39, 0.29) is 0 Å². The van der Waals surface area contributed by atoms with Crippen molar-refractivity contribution >= 4 is 0 Å². The van der Waals surface area contributed by atoms with Gasteiger partial charge in [-0.05, 0) is 18.2 Å². The van der Waals surface area contributed by atoms with Crippen LogP contribution in [0.25, 0.3) is 0 Å². The molecule has 10 heavy (non-hydrogen) atoms. The van der Waals surface area contributed by atoms with Crippen molar-refractivity contribution in [2.24, 2.45) is 0 Å². The minimum atomic E-state index is 1.000. The zero-order valence-corrected chi connectivity index (χ0v) is 6.43. The monoisotopic (exact) mass is 135 g/mol. The van der Waals surface area contributed by atoms with E-state index in [0.717, 1.165) is 13.1 Å². The van der Waals surface area contributed by atoms with Crippen LogP contribution in [0.5, 0.6) is 0 Å². The number of rotatable bonds is 1. The SMILES string of the molecule is C=C/C=C1/CN(C)CC1=C. The fourth-order valence-corrected chi connectivity index (χ4v) is 1.20. The number of nitrogens with zero attached hydrogens (tertiary/aromatic N) is 1. The van der Waals surface area contributed by atoms with Crippen molar-refractivity contribution in [3.63, 3.8) is 0 Å². The third-order valence-corrected chi connectivity index (χ3v) is 1.67. The summed E-state index contributed by atoms with van der Waals surface area (Å²) in [5.74, 6) is 0. The summed E-state index contributed by atoms with van der Waals surface area (Å²) in [5.41, 5.74) is 2.54. The Morgan fingerprint density at radius 2 is 2.20 bits per heavy atom. The van der Waals surface area contributed by atoms with Gasteiger partial charge in [0.1, 0.15) is 0 Å². The van der Waals surface area contributed by atoms with Crippen molar-refractivity contribution in [1.82, 2.24) is 4.90 Å². The maximum atomic E-state index is 3.95. The number of hydrogen-bond donors (Lipinski definition) is 0. The lowest BCUT2D eigenvalue weighted by molar-refractivity contribution is 0.437. The fraction of sp³-hybridized carbons (Fsp3) is 0.333. The molecule has 1 nitrogen and oxygen atoms in total. The summed E-state index contributed by atoms with van der Waals surface area (Å²) in [6, 6.07) is 0. The van der Waals surface area contributed by atoms with Gasteiger partial charge in [-0.3, -0.25) is 4.90 Å². The normalized spacial score (nSPS) is 24.1. The van der Waals surface area contributed by atoms with Gasteiger partial charge in [0.05, 0.1) is 0 Å². The molecule has 1 aliphatic rings. The van der Waals surface area contributed by atoms with Gasteiger partial charge in [0.15, 0.2) is 0 Å². The number of likely N-dealkylation sites (N-methyl/N-ethyl adjacent to an activating group) is 1. The van der Waals surface area contributed by atoms with Crippen LogP contribution in [0.4, 0.5) is 0 Å². The number of allylic oxidation sites excluding steroid dienone is 2. The molecule has 1 heterocycles. The Morgan fingerprint density at radius 3 is 2.60 bits per heavy atom. The molecule has 0 aromatic carbocycles. The average molecular weight is 135 g/mol. The molecular weight excluding hydrogens is 122 g/mol. The molecule has 0 aromatic heterocycles. The molecule has 1 heteroatoms. The summed E-state index contributed by atoms with van der Waals surface area (Å²) in [5, 5.41) is 0. The van der Waals surface area contributed by atoms with E-state index in [1.54, 1.807) is 0 Å². The van der Waals surface area contributed by atoms with Crippen LogP contribution in [0.1, 0.15) is 0 Å². The smallest absolute Gasteiger partial charge is 0.0237 e. The zero-order chi connectivity index (χ0) is 7.56. The molecule has 0 aromatic rings. The van der Waals surface area contributed by atoms with E-state index in [9.17, 15) is 0 Å². The van der Waals surface area contributed by atoms with Crippen molar-refractivity contribution in [1.29, 1.82) is 0 Å². The first-order chi connectivity index (χ1) is 4.74. The first-order valence-corrected chi connectivity index (χ1v) is 3.42. The lowest BCUT2D eigenvalue weighted by Crippen LogP contribution is -2.11. The topological polar surface area (TPSA) is 3.24 Å². The number of likely N-dealkylation sites (tertiary alicyclic amines) is 1. The van der Waals surface area contributed by atoms with Crippen molar-refractivity contribution in [3.05, 3.63) is 36.5 Å². The predicted octanol–water partition coefficient (Wildman–Crippen LogP) is 1.60. The van der Waals surface area contributed by atoms with Crippen molar-refractivity contribution in [3.8, 4) is 0 Å². The molecule has 0 saturated carbocycles. The summed E-state index contributed by atoms with van der Waals surface area (Å²) < 4.78 is 0. The summed E-state index contributed by atoms with van der Waals surface area (Å²) >= 11 is 0. The highest BCUT2D eigenvalue weighted by molar-refractivity contribution is 5.37. The first kappa shape index (κ1) is 7.29. The summed E-state index contributed by atoms with van der Waals surface area (Å²) in [6.45, 7) is 9.61. The Labute approximate surface area is 62.3 Å². The van der Waals surface area contributed by atoms with Gasteiger partial charge in [0.25, 0.3) is 0 Å². The molecule has 0 amide bonds. The van der Waals surface area contributed by atoms with Crippen LogP contribution in [0, 0.1) is 0 Å². The molecule has 0 bridgehead atoms. The van der Waals surface area contributed by atoms with E-state index in [4.69, 9.17) is 0 Å². The second-order valence-electron chi connectivity index (χ2n) is 2.70. The minimum absolute atomic E-state index is 1.000. The lowest BCUT2D eigenvalue weighted by Gasteiger charge is -2.01. The van der Waals surface area contributed by atoms with Gasteiger partial charge in [0.2, 0.25) is 0 Å². The van der Waals surface area contributed by atoms with Crippen LogP contribution in [0.2, 0.25) is 0 Å². The Balaban J connectivity index is 2.72. The Bertz CT molecular complexity index is 189. The molecule has 0 N–H and O–H groups in total. The van der Waals surface area contributed by atoms with Crippen molar-refractivity contribution in [2.75, 3.05) is 20.1 Å². The van der Waals surface area contributed by atoms with Gasteiger partial charge in [0, 0.05) is 13.1 Å². The maximum Gasteiger partial charge on any atom is 0.0237 e. The lowest BCUT2D eigenvalue weighted by atomic mass is 10.1. The van der Waals surface area contributed by atoms with Crippen LogP contribution in [-0.2, 0) is 0 Å². The molecule has 0 spiro atoms. The molecule has 1 saturated heterocycles. The Hall–Kier alpha value is -0.820. The third kappa shape index (κ3) is 1.36. The quantitative estimate of drug-likeness (QED) is 0.528. The molecule has 1 rings (SSSR count). The fourth-order valence-electron chi connectivity index (χ4n) is 1.20. The van der Waals surface area contributed by atoms with E-state index in [0.29, 0.717) is 0 Å². The third-order valence-electron chi connectivity index (χ3n) is 1.67. The molecule has 1 aliphatic heterocycles.